The molecule has 1 aliphatic heterocycles. The third-order valence-electron chi connectivity index (χ3n) is 5.00. The first-order valence-electron chi connectivity index (χ1n) is 8.39. The molecular weight excluding hydrogens is 290 g/mol. The Morgan fingerprint density at radius 3 is 2.74 bits per heavy atom. The molecule has 1 atom stereocenters. The molecule has 1 aromatic rings. The summed E-state index contributed by atoms with van der Waals surface area (Å²) < 4.78 is 0. The van der Waals surface area contributed by atoms with E-state index in [-0.39, 0.29) is 17.7 Å². The molecule has 2 aliphatic rings. The summed E-state index contributed by atoms with van der Waals surface area (Å²) >= 11 is 0. The van der Waals surface area contributed by atoms with Crippen molar-refractivity contribution in [1.29, 1.82) is 0 Å². The molecule has 2 amide bonds. The maximum Gasteiger partial charge on any atom is 0.227 e. The summed E-state index contributed by atoms with van der Waals surface area (Å²) in [6.45, 7) is 2.49. The summed E-state index contributed by atoms with van der Waals surface area (Å²) in [5.41, 5.74) is 9.36. The smallest absolute Gasteiger partial charge is 0.227 e. The van der Waals surface area contributed by atoms with Crippen molar-refractivity contribution in [2.75, 3.05) is 33.2 Å². The van der Waals surface area contributed by atoms with Gasteiger partial charge in [-0.15, -0.1) is 0 Å². The lowest BCUT2D eigenvalue weighted by Gasteiger charge is -2.22. The minimum absolute atomic E-state index is 0.0875. The van der Waals surface area contributed by atoms with Crippen LogP contribution in [0.5, 0.6) is 0 Å². The number of carbonyl (C=O) groups is 2. The average molecular weight is 315 g/mol. The summed E-state index contributed by atoms with van der Waals surface area (Å²) in [4.78, 5) is 28.1. The Balaban J connectivity index is 1.68. The van der Waals surface area contributed by atoms with Crippen molar-refractivity contribution in [1.82, 2.24) is 9.80 Å². The zero-order valence-corrected chi connectivity index (χ0v) is 13.8. The van der Waals surface area contributed by atoms with Gasteiger partial charge in [0.25, 0.3) is 0 Å². The first-order valence-corrected chi connectivity index (χ1v) is 8.39. The van der Waals surface area contributed by atoms with E-state index in [2.05, 4.69) is 23.1 Å². The van der Waals surface area contributed by atoms with E-state index in [1.807, 2.05) is 7.05 Å². The molecule has 2 N–H and O–H groups in total. The number of benzene rings is 1. The highest BCUT2D eigenvalue weighted by atomic mass is 16.2. The van der Waals surface area contributed by atoms with E-state index >= 15 is 0 Å². The predicted molar refractivity (Wildman–Crippen MR) is 88.9 cm³/mol. The van der Waals surface area contributed by atoms with E-state index in [9.17, 15) is 9.59 Å². The maximum atomic E-state index is 12.7. The minimum atomic E-state index is -0.325. The summed E-state index contributed by atoms with van der Waals surface area (Å²) in [5.74, 6) is -0.523. The molecule has 5 heteroatoms. The zero-order chi connectivity index (χ0) is 16.4. The Labute approximate surface area is 137 Å². The summed E-state index contributed by atoms with van der Waals surface area (Å²) in [5, 5.41) is 0. The number of nitrogens with zero attached hydrogens (tertiary/aromatic N) is 2. The molecule has 124 valence electrons. The molecule has 23 heavy (non-hydrogen) atoms. The molecule has 0 spiro atoms. The highest BCUT2D eigenvalue weighted by Gasteiger charge is 2.27. The Morgan fingerprint density at radius 1 is 1.17 bits per heavy atom. The lowest BCUT2D eigenvalue weighted by atomic mass is 10.0. The fourth-order valence-electron chi connectivity index (χ4n) is 3.60. The largest absolute Gasteiger partial charge is 0.369 e. The van der Waals surface area contributed by atoms with Crippen LogP contribution < -0.4 is 5.73 Å². The first kappa shape index (κ1) is 16.0. The van der Waals surface area contributed by atoms with Crippen molar-refractivity contribution < 1.29 is 9.59 Å². The number of hydrogen-bond donors (Lipinski definition) is 1. The second-order valence-electron chi connectivity index (χ2n) is 6.83. The Hall–Kier alpha value is -1.88. The van der Waals surface area contributed by atoms with E-state index in [1.165, 1.54) is 17.5 Å². The van der Waals surface area contributed by atoms with Crippen molar-refractivity contribution in [3.63, 3.8) is 0 Å². The van der Waals surface area contributed by atoms with Gasteiger partial charge in [-0.05, 0) is 43.0 Å². The standard InChI is InChI=1S/C18H25N3O2/c1-20-7-8-21(12-16(11-20)18(19)23)17(22)10-13-5-6-14-3-2-4-15(14)9-13/h5-6,9,16H,2-4,7-8,10-12H2,1H3,(H2,19,23). The molecule has 1 fully saturated rings. The maximum absolute atomic E-state index is 12.7. The highest BCUT2D eigenvalue weighted by molar-refractivity contribution is 5.81. The van der Waals surface area contributed by atoms with Gasteiger partial charge in [-0.3, -0.25) is 9.59 Å². The topological polar surface area (TPSA) is 66.6 Å². The highest BCUT2D eigenvalue weighted by Crippen LogP contribution is 2.23. The number of nitrogens with two attached hydrogens (primary N) is 1. The zero-order valence-electron chi connectivity index (χ0n) is 13.8. The lowest BCUT2D eigenvalue weighted by molar-refractivity contribution is -0.131. The molecular formula is C18H25N3O2. The predicted octanol–water partition coefficient (Wildman–Crippen LogP) is 0.593. The molecule has 1 aliphatic carbocycles. The number of hydrogen-bond acceptors (Lipinski definition) is 3. The summed E-state index contributed by atoms with van der Waals surface area (Å²) in [6, 6.07) is 6.40. The number of carbonyl (C=O) groups excluding carboxylic acids is 2. The number of primary amides is 1. The first-order chi connectivity index (χ1) is 11.0. The number of likely N-dealkylation sites (N-methyl/N-ethyl adjacent to an activating group) is 1. The van der Waals surface area contributed by atoms with Crippen LogP contribution >= 0.6 is 0 Å². The van der Waals surface area contributed by atoms with E-state index in [0.29, 0.717) is 26.1 Å². The van der Waals surface area contributed by atoms with Crippen LogP contribution in [0.1, 0.15) is 23.1 Å². The van der Waals surface area contributed by atoms with Crippen LogP contribution in [0.25, 0.3) is 0 Å². The number of aryl methyl sites for hydroxylation is 2. The third kappa shape index (κ3) is 3.72. The van der Waals surface area contributed by atoms with Crippen LogP contribution in [0.2, 0.25) is 0 Å². The van der Waals surface area contributed by atoms with Crippen molar-refractivity contribution in [3.8, 4) is 0 Å². The number of amides is 2. The van der Waals surface area contributed by atoms with E-state index < -0.39 is 0 Å². The van der Waals surface area contributed by atoms with Crippen LogP contribution in [0.15, 0.2) is 18.2 Å². The van der Waals surface area contributed by atoms with Crippen LogP contribution in [-0.4, -0.2) is 54.8 Å². The Morgan fingerprint density at radius 2 is 1.96 bits per heavy atom. The van der Waals surface area contributed by atoms with Gasteiger partial charge in [0, 0.05) is 26.2 Å². The van der Waals surface area contributed by atoms with Gasteiger partial charge in [0.2, 0.25) is 11.8 Å². The van der Waals surface area contributed by atoms with Gasteiger partial charge >= 0.3 is 0 Å². The molecule has 0 radical (unpaired) electrons. The summed E-state index contributed by atoms with van der Waals surface area (Å²) in [7, 11) is 1.96. The van der Waals surface area contributed by atoms with E-state index in [1.54, 1.807) is 4.90 Å². The molecule has 1 heterocycles. The van der Waals surface area contributed by atoms with Crippen LogP contribution in [0.3, 0.4) is 0 Å². The summed E-state index contributed by atoms with van der Waals surface area (Å²) in [6.07, 6.45) is 3.89. The van der Waals surface area contributed by atoms with Crippen LogP contribution in [0.4, 0.5) is 0 Å². The van der Waals surface area contributed by atoms with Gasteiger partial charge in [-0.2, -0.15) is 0 Å². The lowest BCUT2D eigenvalue weighted by Crippen LogP contribution is -2.40. The van der Waals surface area contributed by atoms with Crippen molar-refractivity contribution in [3.05, 3.63) is 34.9 Å². The quantitative estimate of drug-likeness (QED) is 0.888. The van der Waals surface area contributed by atoms with Gasteiger partial charge in [-0.1, -0.05) is 18.2 Å². The van der Waals surface area contributed by atoms with Crippen molar-refractivity contribution in [2.24, 2.45) is 11.7 Å². The molecule has 1 unspecified atom stereocenters. The molecule has 5 nitrogen and oxygen atoms in total. The second kappa shape index (κ2) is 6.71. The number of rotatable bonds is 3. The molecule has 3 rings (SSSR count). The van der Waals surface area contributed by atoms with Gasteiger partial charge < -0.3 is 15.5 Å². The number of fused-ring (bicyclic) bond motifs is 1. The molecule has 0 saturated carbocycles. The fraction of sp³-hybridized carbons (Fsp3) is 0.556. The molecule has 1 saturated heterocycles. The van der Waals surface area contributed by atoms with Crippen LogP contribution in [0, 0.1) is 5.92 Å². The third-order valence-corrected chi connectivity index (χ3v) is 5.00. The van der Waals surface area contributed by atoms with Crippen molar-refractivity contribution in [2.45, 2.75) is 25.7 Å². The van der Waals surface area contributed by atoms with Gasteiger partial charge in [0.15, 0.2) is 0 Å². The molecule has 0 bridgehead atoms. The minimum Gasteiger partial charge on any atom is -0.369 e. The van der Waals surface area contributed by atoms with Gasteiger partial charge in [0.1, 0.15) is 0 Å². The normalized spacial score (nSPS) is 21.8. The Bertz CT molecular complexity index is 614. The average Bonchev–Trinajstić information content (AvgIpc) is 2.87. The Kier molecular flexibility index (Phi) is 4.66. The fourth-order valence-corrected chi connectivity index (χ4v) is 3.60. The van der Waals surface area contributed by atoms with Crippen molar-refractivity contribution >= 4 is 11.8 Å². The SMILES string of the molecule is CN1CCN(C(=O)Cc2ccc3c(c2)CCC3)CC(C(N)=O)C1. The second-order valence-corrected chi connectivity index (χ2v) is 6.83. The van der Waals surface area contributed by atoms with Gasteiger partial charge in [0.05, 0.1) is 12.3 Å². The monoisotopic (exact) mass is 315 g/mol. The van der Waals surface area contributed by atoms with Crippen LogP contribution in [-0.2, 0) is 28.9 Å². The van der Waals surface area contributed by atoms with Gasteiger partial charge in [-0.25, -0.2) is 0 Å². The van der Waals surface area contributed by atoms with E-state index in [4.69, 9.17) is 5.73 Å². The molecule has 0 aromatic heterocycles. The van der Waals surface area contributed by atoms with E-state index in [0.717, 1.165) is 24.9 Å². The molecule has 1 aromatic carbocycles.